The molecule has 1 aromatic carbocycles. The minimum atomic E-state index is 0.216. The molecule has 0 fully saturated rings. The lowest BCUT2D eigenvalue weighted by atomic mass is 10.3. The monoisotopic (exact) mass is 190 g/mol. The van der Waals surface area contributed by atoms with Gasteiger partial charge < -0.3 is 10.6 Å². The van der Waals surface area contributed by atoms with E-state index >= 15 is 0 Å². The van der Waals surface area contributed by atoms with Gasteiger partial charge in [-0.2, -0.15) is 0 Å². The van der Waals surface area contributed by atoms with Crippen LogP contribution < -0.4 is 10.6 Å². The van der Waals surface area contributed by atoms with Gasteiger partial charge >= 0.3 is 0 Å². The Bertz CT molecular complexity index is 318. The van der Waals surface area contributed by atoms with Crippen LogP contribution in [0.4, 0.5) is 11.4 Å². The molecule has 0 aliphatic carbocycles. The van der Waals surface area contributed by atoms with Crippen molar-refractivity contribution >= 4 is 23.1 Å². The molecular weight excluding hydrogens is 180 g/mol. The van der Waals surface area contributed by atoms with Gasteiger partial charge in [0.1, 0.15) is 5.50 Å². The van der Waals surface area contributed by atoms with Crippen molar-refractivity contribution in [1.82, 2.24) is 0 Å². The Hall–Kier alpha value is -1.27. The molecule has 0 spiro atoms. The molecule has 2 nitrogen and oxygen atoms in total. The molecule has 0 aromatic heterocycles. The first-order chi connectivity index (χ1) is 6.40. The fourth-order valence-electron chi connectivity index (χ4n) is 1.27. The van der Waals surface area contributed by atoms with Crippen molar-refractivity contribution < 1.29 is 0 Å². The number of para-hydroxylation sites is 2. The van der Waals surface area contributed by atoms with E-state index in [0.717, 1.165) is 17.1 Å². The zero-order chi connectivity index (χ0) is 9.10. The van der Waals surface area contributed by atoms with Crippen molar-refractivity contribution in [2.75, 3.05) is 16.4 Å². The highest BCUT2D eigenvalue weighted by atomic mass is 32.2. The highest BCUT2D eigenvalue weighted by Gasteiger charge is 2.17. The van der Waals surface area contributed by atoms with E-state index in [9.17, 15) is 0 Å². The van der Waals surface area contributed by atoms with Crippen molar-refractivity contribution in [2.45, 2.75) is 5.50 Å². The summed E-state index contributed by atoms with van der Waals surface area (Å²) in [6, 6.07) is 8.14. The summed E-state index contributed by atoms with van der Waals surface area (Å²) in [4.78, 5) is 0. The number of fused-ring (bicyclic) bond motifs is 1. The third-order valence-corrected chi connectivity index (χ3v) is 2.74. The lowest BCUT2D eigenvalue weighted by molar-refractivity contribution is 1.21. The first-order valence-corrected chi connectivity index (χ1v) is 5.12. The van der Waals surface area contributed by atoms with E-state index in [1.165, 1.54) is 0 Å². The van der Waals surface area contributed by atoms with Crippen molar-refractivity contribution in [2.24, 2.45) is 0 Å². The maximum Gasteiger partial charge on any atom is 0.146 e. The van der Waals surface area contributed by atoms with Gasteiger partial charge in [-0.15, -0.1) is 18.2 Å². The van der Waals surface area contributed by atoms with Crippen LogP contribution >= 0.6 is 11.8 Å². The number of benzene rings is 1. The highest BCUT2D eigenvalue weighted by molar-refractivity contribution is 8.00. The Morgan fingerprint density at radius 1 is 1.31 bits per heavy atom. The number of rotatable bonds is 2. The number of hydrogen-bond acceptors (Lipinski definition) is 3. The molecule has 13 heavy (non-hydrogen) atoms. The van der Waals surface area contributed by atoms with Crippen LogP contribution in [0.5, 0.6) is 0 Å². The van der Waals surface area contributed by atoms with E-state index in [1.54, 1.807) is 11.8 Å². The van der Waals surface area contributed by atoms with Gasteiger partial charge in [-0.05, 0) is 12.1 Å². The topological polar surface area (TPSA) is 24.1 Å². The van der Waals surface area contributed by atoms with Crippen LogP contribution in [0.1, 0.15) is 0 Å². The van der Waals surface area contributed by atoms with E-state index < -0.39 is 0 Å². The van der Waals surface area contributed by atoms with Gasteiger partial charge in [0, 0.05) is 0 Å². The summed E-state index contributed by atoms with van der Waals surface area (Å²) in [6.07, 6.45) is 5.19. The summed E-state index contributed by atoms with van der Waals surface area (Å²) >= 11 is 1.68. The summed E-state index contributed by atoms with van der Waals surface area (Å²) < 4.78 is 0. The molecule has 66 valence electrons. The van der Waals surface area contributed by atoms with E-state index in [1.807, 2.05) is 12.1 Å². The summed E-state index contributed by atoms with van der Waals surface area (Å²) in [5.41, 5.74) is 2.52. The standard InChI is InChI=1S/C10H10N2S/c1-2-7-13-10-11-8-5-3-4-6-9(8)12-10/h1,3-6,10-12H,7H2. The van der Waals surface area contributed by atoms with Crippen LogP contribution in [0.15, 0.2) is 24.3 Å². The van der Waals surface area contributed by atoms with Crippen LogP contribution in [0, 0.1) is 12.3 Å². The van der Waals surface area contributed by atoms with E-state index in [0.29, 0.717) is 0 Å². The third-order valence-electron chi connectivity index (χ3n) is 1.83. The van der Waals surface area contributed by atoms with Gasteiger partial charge in [0.15, 0.2) is 0 Å². The SMILES string of the molecule is C#CCSC1Nc2ccccc2N1. The largest absolute Gasteiger partial charge is 0.355 e. The third kappa shape index (κ3) is 1.73. The number of thioether (sulfide) groups is 1. The molecule has 0 amide bonds. The Kier molecular flexibility index (Phi) is 2.33. The van der Waals surface area contributed by atoms with Crippen molar-refractivity contribution in [3.8, 4) is 12.3 Å². The fourth-order valence-corrected chi connectivity index (χ4v) is 1.95. The molecule has 0 bridgehead atoms. The Labute approximate surface area is 82.1 Å². The zero-order valence-corrected chi connectivity index (χ0v) is 7.90. The number of terminal acetylenes is 1. The maximum absolute atomic E-state index is 5.19. The lowest BCUT2D eigenvalue weighted by Crippen LogP contribution is -2.17. The normalized spacial score (nSPS) is 14.1. The van der Waals surface area contributed by atoms with E-state index in [-0.39, 0.29) is 5.50 Å². The van der Waals surface area contributed by atoms with Crippen LogP contribution in [-0.4, -0.2) is 11.3 Å². The minimum Gasteiger partial charge on any atom is -0.355 e. The van der Waals surface area contributed by atoms with Crippen molar-refractivity contribution in [1.29, 1.82) is 0 Å². The molecule has 0 radical (unpaired) electrons. The number of anilines is 2. The average molecular weight is 190 g/mol. The van der Waals surface area contributed by atoms with Crippen LogP contribution in [0.3, 0.4) is 0 Å². The molecule has 1 aromatic rings. The van der Waals surface area contributed by atoms with Crippen LogP contribution in [0.25, 0.3) is 0 Å². The van der Waals surface area contributed by atoms with Crippen LogP contribution in [-0.2, 0) is 0 Å². The second kappa shape index (κ2) is 3.63. The summed E-state index contributed by atoms with van der Waals surface area (Å²) in [7, 11) is 0. The Morgan fingerprint density at radius 2 is 1.92 bits per heavy atom. The molecule has 1 aliphatic heterocycles. The number of nitrogens with one attached hydrogen (secondary N) is 2. The predicted molar refractivity (Wildman–Crippen MR) is 58.8 cm³/mol. The second-order valence-electron chi connectivity index (χ2n) is 2.73. The molecule has 2 rings (SSSR count). The summed E-state index contributed by atoms with van der Waals surface area (Å²) in [5, 5.41) is 6.65. The van der Waals surface area contributed by atoms with Gasteiger partial charge in [-0.1, -0.05) is 18.1 Å². The molecule has 0 atom stereocenters. The first kappa shape index (κ1) is 8.33. The molecule has 3 heteroatoms. The Morgan fingerprint density at radius 3 is 2.46 bits per heavy atom. The van der Waals surface area contributed by atoms with Gasteiger partial charge in [0.2, 0.25) is 0 Å². The fraction of sp³-hybridized carbons (Fsp3) is 0.200. The first-order valence-electron chi connectivity index (χ1n) is 4.07. The Balaban J connectivity index is 2.02. The molecule has 1 heterocycles. The number of hydrogen-bond donors (Lipinski definition) is 2. The van der Waals surface area contributed by atoms with Gasteiger partial charge in [-0.25, -0.2) is 0 Å². The van der Waals surface area contributed by atoms with Gasteiger partial charge in [0.25, 0.3) is 0 Å². The van der Waals surface area contributed by atoms with Gasteiger partial charge in [0.05, 0.1) is 17.1 Å². The van der Waals surface area contributed by atoms with Gasteiger partial charge in [-0.3, -0.25) is 0 Å². The molecule has 0 saturated carbocycles. The van der Waals surface area contributed by atoms with E-state index in [2.05, 4.69) is 28.7 Å². The second-order valence-corrected chi connectivity index (χ2v) is 3.82. The molecule has 1 aliphatic rings. The minimum absolute atomic E-state index is 0.216. The highest BCUT2D eigenvalue weighted by Crippen LogP contribution is 2.31. The summed E-state index contributed by atoms with van der Waals surface area (Å²) in [6.45, 7) is 0. The molecule has 0 unspecified atom stereocenters. The predicted octanol–water partition coefficient (Wildman–Crippen LogP) is 2.17. The zero-order valence-electron chi connectivity index (χ0n) is 7.08. The quantitative estimate of drug-likeness (QED) is 0.699. The molecule has 0 saturated heterocycles. The lowest BCUT2D eigenvalue weighted by Gasteiger charge is -2.08. The maximum atomic E-state index is 5.19. The average Bonchev–Trinajstić information content (AvgIpc) is 2.57. The van der Waals surface area contributed by atoms with Crippen molar-refractivity contribution in [3.63, 3.8) is 0 Å². The van der Waals surface area contributed by atoms with E-state index in [4.69, 9.17) is 6.42 Å². The van der Waals surface area contributed by atoms with Crippen LogP contribution in [0.2, 0.25) is 0 Å². The summed E-state index contributed by atoms with van der Waals surface area (Å²) in [5.74, 6) is 3.33. The molecular formula is C10H10N2S. The smallest absolute Gasteiger partial charge is 0.146 e. The van der Waals surface area contributed by atoms with Crippen molar-refractivity contribution in [3.05, 3.63) is 24.3 Å². The molecule has 2 N–H and O–H groups in total.